The molecule has 1 aliphatic heterocycles. The Labute approximate surface area is 173 Å². The van der Waals surface area contributed by atoms with Crippen molar-refractivity contribution in [3.63, 3.8) is 0 Å². The number of benzene rings is 2. The predicted molar refractivity (Wildman–Crippen MR) is 115 cm³/mol. The third kappa shape index (κ3) is 5.45. The molecule has 5 nitrogen and oxygen atoms in total. The van der Waals surface area contributed by atoms with Crippen LogP contribution in [0.2, 0.25) is 0 Å². The minimum absolute atomic E-state index is 0.188. The van der Waals surface area contributed by atoms with Gasteiger partial charge in [0, 0.05) is 17.8 Å². The Bertz CT molecular complexity index is 853. The van der Waals surface area contributed by atoms with Crippen LogP contribution < -0.4 is 5.32 Å². The number of ether oxygens (including phenoxy) is 1. The molecule has 0 bridgehead atoms. The highest BCUT2D eigenvalue weighted by Gasteiger charge is 2.17. The Morgan fingerprint density at radius 1 is 1.10 bits per heavy atom. The highest BCUT2D eigenvalue weighted by atomic mass is 16.5. The number of anilines is 1. The topological polar surface area (TPSA) is 58.6 Å². The molecule has 0 aliphatic carbocycles. The van der Waals surface area contributed by atoms with E-state index in [1.165, 1.54) is 18.4 Å². The van der Waals surface area contributed by atoms with Crippen LogP contribution in [0.1, 0.15) is 58.5 Å². The summed E-state index contributed by atoms with van der Waals surface area (Å²) in [7, 11) is 0. The molecule has 3 rings (SSSR count). The molecule has 1 heterocycles. The van der Waals surface area contributed by atoms with E-state index in [-0.39, 0.29) is 11.9 Å². The highest BCUT2D eigenvalue weighted by molar-refractivity contribution is 6.05. The van der Waals surface area contributed by atoms with Crippen molar-refractivity contribution in [2.45, 2.75) is 40.2 Å². The summed E-state index contributed by atoms with van der Waals surface area (Å²) < 4.78 is 5.08. The van der Waals surface area contributed by atoms with Gasteiger partial charge in [-0.3, -0.25) is 9.69 Å². The molecule has 2 aromatic rings. The lowest BCUT2D eigenvalue weighted by atomic mass is 9.99. The predicted octanol–water partition coefficient (Wildman–Crippen LogP) is 4.66. The van der Waals surface area contributed by atoms with Crippen LogP contribution in [0.25, 0.3) is 0 Å². The first kappa shape index (κ1) is 21.1. The number of esters is 1. The molecule has 1 saturated heterocycles. The molecule has 0 unspecified atom stereocenters. The highest BCUT2D eigenvalue weighted by Crippen LogP contribution is 2.21. The first-order valence-electron chi connectivity index (χ1n) is 10.4. The number of amides is 1. The number of hydrogen-bond acceptors (Lipinski definition) is 4. The van der Waals surface area contributed by atoms with E-state index in [4.69, 9.17) is 4.74 Å². The first-order chi connectivity index (χ1) is 14.0. The lowest BCUT2D eigenvalue weighted by Crippen LogP contribution is -2.32. The molecule has 2 aromatic carbocycles. The number of piperidine rings is 1. The van der Waals surface area contributed by atoms with Crippen LogP contribution in [0.5, 0.6) is 0 Å². The largest absolute Gasteiger partial charge is 0.462 e. The Balaban J connectivity index is 1.64. The van der Waals surface area contributed by atoms with E-state index < -0.39 is 0 Å². The van der Waals surface area contributed by atoms with Gasteiger partial charge in [-0.05, 0) is 81.1 Å². The number of hydrogen-bond donors (Lipinski definition) is 1. The molecule has 5 heteroatoms. The van der Waals surface area contributed by atoms with Gasteiger partial charge in [-0.2, -0.15) is 0 Å². The molecule has 1 fully saturated rings. The zero-order valence-corrected chi connectivity index (χ0v) is 17.5. The number of nitrogens with one attached hydrogen (secondary N) is 1. The number of carbonyl (C=O) groups is 2. The van der Waals surface area contributed by atoms with Gasteiger partial charge in [-0.25, -0.2) is 4.79 Å². The maximum Gasteiger partial charge on any atom is 0.338 e. The first-order valence-corrected chi connectivity index (χ1v) is 10.4. The van der Waals surface area contributed by atoms with E-state index in [0.29, 0.717) is 29.0 Å². The van der Waals surface area contributed by atoms with Crippen molar-refractivity contribution in [3.05, 3.63) is 64.7 Å². The molecule has 0 saturated carbocycles. The maximum absolute atomic E-state index is 12.7. The van der Waals surface area contributed by atoms with E-state index in [0.717, 1.165) is 25.6 Å². The Kier molecular flexibility index (Phi) is 7.04. The van der Waals surface area contributed by atoms with Crippen molar-refractivity contribution < 1.29 is 14.3 Å². The van der Waals surface area contributed by atoms with Gasteiger partial charge in [0.05, 0.1) is 12.2 Å². The molecular weight excluding hydrogens is 364 g/mol. The van der Waals surface area contributed by atoms with Crippen molar-refractivity contribution in [1.82, 2.24) is 4.90 Å². The molecule has 29 heavy (non-hydrogen) atoms. The van der Waals surface area contributed by atoms with Gasteiger partial charge in [-0.1, -0.05) is 25.1 Å². The lowest BCUT2D eigenvalue weighted by Gasteiger charge is -2.30. The van der Waals surface area contributed by atoms with Crippen molar-refractivity contribution in [2.24, 2.45) is 5.92 Å². The average Bonchev–Trinajstić information content (AvgIpc) is 2.72. The molecule has 0 atom stereocenters. The van der Waals surface area contributed by atoms with Crippen molar-refractivity contribution in [3.8, 4) is 0 Å². The average molecular weight is 395 g/mol. The minimum Gasteiger partial charge on any atom is -0.462 e. The van der Waals surface area contributed by atoms with Crippen LogP contribution in [-0.2, 0) is 11.3 Å². The second kappa shape index (κ2) is 9.70. The third-order valence-corrected chi connectivity index (χ3v) is 5.58. The van der Waals surface area contributed by atoms with E-state index in [1.54, 1.807) is 25.1 Å². The van der Waals surface area contributed by atoms with Crippen LogP contribution >= 0.6 is 0 Å². The molecule has 1 aliphatic rings. The van der Waals surface area contributed by atoms with Gasteiger partial charge in [0.1, 0.15) is 0 Å². The monoisotopic (exact) mass is 394 g/mol. The Morgan fingerprint density at radius 3 is 2.45 bits per heavy atom. The fourth-order valence-electron chi connectivity index (χ4n) is 3.64. The smallest absolute Gasteiger partial charge is 0.338 e. The van der Waals surface area contributed by atoms with Crippen LogP contribution in [0.4, 0.5) is 5.69 Å². The quantitative estimate of drug-likeness (QED) is 0.724. The summed E-state index contributed by atoms with van der Waals surface area (Å²) >= 11 is 0. The van der Waals surface area contributed by atoms with E-state index in [9.17, 15) is 9.59 Å². The molecule has 1 N–H and O–H groups in total. The fraction of sp³-hybridized carbons (Fsp3) is 0.417. The van der Waals surface area contributed by atoms with Gasteiger partial charge in [-0.15, -0.1) is 0 Å². The minimum atomic E-state index is -0.377. The van der Waals surface area contributed by atoms with Crippen LogP contribution in [0, 0.1) is 12.8 Å². The fourth-order valence-corrected chi connectivity index (χ4v) is 3.64. The van der Waals surface area contributed by atoms with Crippen molar-refractivity contribution >= 4 is 17.6 Å². The zero-order valence-electron chi connectivity index (χ0n) is 17.5. The number of likely N-dealkylation sites (tertiary alicyclic amines) is 1. The number of nitrogens with zero attached hydrogens (tertiary/aromatic N) is 1. The van der Waals surface area contributed by atoms with Gasteiger partial charge < -0.3 is 10.1 Å². The van der Waals surface area contributed by atoms with E-state index in [1.807, 2.05) is 31.2 Å². The second-order valence-electron chi connectivity index (χ2n) is 7.81. The van der Waals surface area contributed by atoms with Crippen molar-refractivity contribution in [2.75, 3.05) is 25.0 Å². The Morgan fingerprint density at radius 2 is 1.79 bits per heavy atom. The molecule has 0 aromatic heterocycles. The summed E-state index contributed by atoms with van der Waals surface area (Å²) in [5.41, 5.74) is 3.61. The van der Waals surface area contributed by atoms with Crippen molar-refractivity contribution in [1.29, 1.82) is 0 Å². The molecule has 154 valence electrons. The van der Waals surface area contributed by atoms with Gasteiger partial charge in [0.2, 0.25) is 0 Å². The van der Waals surface area contributed by atoms with Crippen LogP contribution in [0.3, 0.4) is 0 Å². The lowest BCUT2D eigenvalue weighted by molar-refractivity contribution is 0.0525. The summed E-state index contributed by atoms with van der Waals surface area (Å²) in [5, 5.41) is 2.91. The number of carbonyl (C=O) groups excluding carboxylic acids is 2. The summed E-state index contributed by atoms with van der Waals surface area (Å²) in [4.78, 5) is 27.2. The molecule has 0 spiro atoms. The van der Waals surface area contributed by atoms with Crippen LogP contribution in [-0.4, -0.2) is 36.5 Å². The van der Waals surface area contributed by atoms with E-state index in [2.05, 4.69) is 17.1 Å². The van der Waals surface area contributed by atoms with Gasteiger partial charge >= 0.3 is 5.97 Å². The Hall–Kier alpha value is -2.66. The van der Waals surface area contributed by atoms with Gasteiger partial charge in [0.15, 0.2) is 0 Å². The van der Waals surface area contributed by atoms with Gasteiger partial charge in [0.25, 0.3) is 5.91 Å². The summed E-state index contributed by atoms with van der Waals surface area (Å²) in [6.45, 7) is 9.42. The van der Waals surface area contributed by atoms with Crippen LogP contribution in [0.15, 0.2) is 42.5 Å². The second-order valence-corrected chi connectivity index (χ2v) is 7.81. The molecule has 0 radical (unpaired) electrons. The standard InChI is InChI=1S/C24H30N2O3/c1-4-29-24(28)21-6-5-7-22(18(21)3)25-23(27)20-10-8-19(9-11-20)16-26-14-12-17(2)13-15-26/h5-11,17H,4,12-16H2,1-3H3,(H,25,27). The summed E-state index contributed by atoms with van der Waals surface area (Å²) in [6, 6.07) is 13.0. The number of rotatable bonds is 6. The van der Waals surface area contributed by atoms with E-state index >= 15 is 0 Å². The molecule has 1 amide bonds. The maximum atomic E-state index is 12.7. The summed E-state index contributed by atoms with van der Waals surface area (Å²) in [6.07, 6.45) is 2.51. The normalized spacial score (nSPS) is 15.1. The SMILES string of the molecule is CCOC(=O)c1cccc(NC(=O)c2ccc(CN3CCC(C)CC3)cc2)c1C. The summed E-state index contributed by atoms with van der Waals surface area (Å²) in [5.74, 6) is 0.258. The zero-order chi connectivity index (χ0) is 20.8. The molecular formula is C24H30N2O3. The third-order valence-electron chi connectivity index (χ3n) is 5.58.